The Morgan fingerprint density at radius 2 is 1.58 bits per heavy atom. The lowest BCUT2D eigenvalue weighted by Gasteiger charge is -2.09. The largest absolute Gasteiger partial charge is 0.481 e. The molecule has 1 atom stereocenters. The molecular formula is C17H30NO5P. The van der Waals surface area contributed by atoms with E-state index in [1.54, 1.807) is 0 Å². The zero-order valence-corrected chi connectivity index (χ0v) is 15.9. The Morgan fingerprint density at radius 1 is 1.04 bits per heavy atom. The summed E-state index contributed by atoms with van der Waals surface area (Å²) in [4.78, 5) is 19.6. The lowest BCUT2D eigenvalue weighted by molar-refractivity contribution is -0.134. The van der Waals surface area contributed by atoms with Gasteiger partial charge in [0.2, 0.25) is 0 Å². The van der Waals surface area contributed by atoms with Crippen LogP contribution in [0.2, 0.25) is 0 Å². The van der Waals surface area contributed by atoms with Crippen molar-refractivity contribution in [3.63, 3.8) is 0 Å². The van der Waals surface area contributed by atoms with Gasteiger partial charge in [-0.05, 0) is 53.4 Å². The average Bonchev–Trinajstić information content (AvgIpc) is 2.42. The van der Waals surface area contributed by atoms with Gasteiger partial charge < -0.3 is 10.00 Å². The maximum absolute atomic E-state index is 11.3. The number of hydrogen-bond donors (Lipinski definition) is 3. The second-order valence-corrected chi connectivity index (χ2v) is 7.86. The molecule has 24 heavy (non-hydrogen) atoms. The van der Waals surface area contributed by atoms with E-state index in [0.717, 1.165) is 31.3 Å². The van der Waals surface area contributed by atoms with Gasteiger partial charge in [0, 0.05) is 6.54 Å². The topological polar surface area (TPSA) is 95.9 Å². The highest BCUT2D eigenvalue weighted by molar-refractivity contribution is 7.53. The van der Waals surface area contributed by atoms with Gasteiger partial charge >= 0.3 is 13.6 Å². The third-order valence-corrected chi connectivity index (χ3v) is 4.28. The highest BCUT2D eigenvalue weighted by atomic mass is 31.2. The first-order valence-electron chi connectivity index (χ1n) is 8.02. The Morgan fingerprint density at radius 3 is 2.12 bits per heavy atom. The predicted octanol–water partition coefficient (Wildman–Crippen LogP) is 4.20. The first-order chi connectivity index (χ1) is 11.1. The molecule has 0 aliphatic rings. The van der Waals surface area contributed by atoms with Crippen LogP contribution in [0.15, 0.2) is 34.9 Å². The molecular weight excluding hydrogens is 329 g/mol. The van der Waals surface area contributed by atoms with Crippen LogP contribution in [-0.4, -0.2) is 28.7 Å². The fourth-order valence-electron chi connectivity index (χ4n) is 1.90. The smallest absolute Gasteiger partial charge is 0.355 e. The summed E-state index contributed by atoms with van der Waals surface area (Å²) in [5.41, 5.74) is 6.17. The van der Waals surface area contributed by atoms with Gasteiger partial charge in [-0.2, -0.15) is 5.48 Å². The molecule has 0 saturated heterocycles. The predicted molar refractivity (Wildman–Crippen MR) is 96.8 cm³/mol. The molecule has 0 heterocycles. The van der Waals surface area contributed by atoms with Crippen molar-refractivity contribution in [1.29, 1.82) is 0 Å². The van der Waals surface area contributed by atoms with Gasteiger partial charge in [0.05, 0.1) is 0 Å². The van der Waals surface area contributed by atoms with E-state index in [2.05, 4.69) is 43.0 Å². The molecule has 1 unspecified atom stereocenters. The highest BCUT2D eigenvalue weighted by Gasteiger charge is 2.23. The molecule has 0 radical (unpaired) electrons. The fraction of sp³-hybridized carbons (Fsp3) is 0.588. The molecule has 0 fully saturated rings. The van der Waals surface area contributed by atoms with Crippen LogP contribution in [0.3, 0.4) is 0 Å². The molecule has 0 aromatic carbocycles. The number of allylic oxidation sites excluding steroid dienone is 5. The number of hydroxylamine groups is 1. The summed E-state index contributed by atoms with van der Waals surface area (Å²) in [7, 11) is -4.12. The maximum atomic E-state index is 11.3. The van der Waals surface area contributed by atoms with Crippen LogP contribution < -0.4 is 5.48 Å². The Kier molecular flexibility index (Phi) is 11.6. The SMILES string of the molecule is CC(C)=CCCC(C)=CCCC(C)=CCNOP(=O)(O)CC(=O)O. The normalized spacial score (nSPS) is 15.0. The summed E-state index contributed by atoms with van der Waals surface area (Å²) in [5, 5.41) is 8.46. The van der Waals surface area contributed by atoms with E-state index < -0.39 is 19.7 Å². The standard InChI is InChI=1S/C17H30NO5P/c1-14(2)7-5-8-15(3)9-6-10-16(4)11-12-18-23-24(21,22)13-17(19)20/h7,9,11,18H,5-6,8,10,12-13H2,1-4H3,(H,19,20)(H,21,22). The van der Waals surface area contributed by atoms with Crippen molar-refractivity contribution >= 4 is 13.6 Å². The number of hydrogen-bond acceptors (Lipinski definition) is 4. The van der Waals surface area contributed by atoms with Gasteiger partial charge in [-0.1, -0.05) is 34.9 Å². The number of nitrogens with one attached hydrogen (secondary N) is 1. The molecule has 0 amide bonds. The highest BCUT2D eigenvalue weighted by Crippen LogP contribution is 2.39. The molecule has 0 aromatic rings. The van der Waals surface area contributed by atoms with Crippen molar-refractivity contribution in [2.75, 3.05) is 12.7 Å². The van der Waals surface area contributed by atoms with Crippen LogP contribution in [0.5, 0.6) is 0 Å². The summed E-state index contributed by atoms with van der Waals surface area (Å²) >= 11 is 0. The van der Waals surface area contributed by atoms with Crippen LogP contribution in [0.1, 0.15) is 53.4 Å². The molecule has 6 nitrogen and oxygen atoms in total. The van der Waals surface area contributed by atoms with Gasteiger partial charge in [0.15, 0.2) is 0 Å². The first kappa shape index (κ1) is 22.8. The molecule has 7 heteroatoms. The minimum Gasteiger partial charge on any atom is -0.481 e. The monoisotopic (exact) mass is 359 g/mol. The van der Waals surface area contributed by atoms with E-state index in [0.29, 0.717) is 0 Å². The van der Waals surface area contributed by atoms with Crippen LogP contribution in [0.4, 0.5) is 0 Å². The number of aliphatic carboxylic acids is 1. The van der Waals surface area contributed by atoms with Gasteiger partial charge in [-0.3, -0.25) is 9.36 Å². The quantitative estimate of drug-likeness (QED) is 0.209. The summed E-state index contributed by atoms with van der Waals surface area (Å²) in [5.74, 6) is -1.37. The number of carboxylic acid groups (broad SMARTS) is 1. The zero-order valence-electron chi connectivity index (χ0n) is 15.0. The Bertz CT molecular complexity index is 533. The van der Waals surface area contributed by atoms with E-state index in [-0.39, 0.29) is 6.54 Å². The van der Waals surface area contributed by atoms with E-state index in [1.165, 1.54) is 11.1 Å². The minimum atomic E-state index is -4.12. The van der Waals surface area contributed by atoms with E-state index in [9.17, 15) is 14.3 Å². The molecule has 0 aromatic heterocycles. The summed E-state index contributed by atoms with van der Waals surface area (Å²) in [6, 6.07) is 0. The van der Waals surface area contributed by atoms with E-state index in [4.69, 9.17) is 5.11 Å². The second-order valence-electron chi connectivity index (χ2n) is 6.09. The average molecular weight is 359 g/mol. The molecule has 3 N–H and O–H groups in total. The van der Waals surface area contributed by atoms with Crippen LogP contribution in [0, 0.1) is 0 Å². The van der Waals surface area contributed by atoms with Gasteiger partial charge in [-0.25, -0.2) is 4.62 Å². The fourth-order valence-corrected chi connectivity index (χ4v) is 2.58. The van der Waals surface area contributed by atoms with Crippen molar-refractivity contribution in [3.8, 4) is 0 Å². The van der Waals surface area contributed by atoms with Crippen LogP contribution >= 0.6 is 7.60 Å². The summed E-state index contributed by atoms with van der Waals surface area (Å²) < 4.78 is 15.8. The van der Waals surface area contributed by atoms with Crippen LogP contribution in [0.25, 0.3) is 0 Å². The Balaban J connectivity index is 4.01. The van der Waals surface area contributed by atoms with Gasteiger partial charge in [0.25, 0.3) is 0 Å². The Hall–Kier alpha value is -1.20. The lowest BCUT2D eigenvalue weighted by atomic mass is 10.1. The summed E-state index contributed by atoms with van der Waals surface area (Å²) in [6.07, 6.45) is 9.38. The minimum absolute atomic E-state index is 0.249. The van der Waals surface area contributed by atoms with Crippen molar-refractivity contribution in [2.45, 2.75) is 53.4 Å². The van der Waals surface area contributed by atoms with Crippen LogP contribution in [-0.2, 0) is 14.0 Å². The second kappa shape index (κ2) is 12.2. The molecule has 0 spiro atoms. The molecule has 0 rings (SSSR count). The molecule has 0 aliphatic carbocycles. The van der Waals surface area contributed by atoms with Crippen molar-refractivity contribution in [2.24, 2.45) is 0 Å². The maximum Gasteiger partial charge on any atom is 0.355 e. The Labute approximate surface area is 144 Å². The molecule has 138 valence electrons. The molecule has 0 bridgehead atoms. The van der Waals surface area contributed by atoms with Gasteiger partial charge in [0.1, 0.15) is 6.16 Å². The van der Waals surface area contributed by atoms with E-state index in [1.807, 2.05) is 13.0 Å². The molecule has 0 aliphatic heterocycles. The van der Waals surface area contributed by atoms with Crippen molar-refractivity contribution < 1.29 is 24.0 Å². The van der Waals surface area contributed by atoms with Gasteiger partial charge in [-0.15, -0.1) is 0 Å². The number of carboxylic acids is 1. The third kappa shape index (κ3) is 14.4. The first-order valence-corrected chi connectivity index (χ1v) is 9.78. The lowest BCUT2D eigenvalue weighted by Crippen LogP contribution is -2.16. The van der Waals surface area contributed by atoms with E-state index >= 15 is 0 Å². The molecule has 0 saturated carbocycles. The number of carbonyl (C=O) groups is 1. The summed E-state index contributed by atoms with van der Waals surface area (Å²) in [6.45, 7) is 8.56. The zero-order chi connectivity index (χ0) is 18.6. The number of rotatable bonds is 12. The van der Waals surface area contributed by atoms with Crippen molar-refractivity contribution in [3.05, 3.63) is 34.9 Å². The third-order valence-electron chi connectivity index (χ3n) is 3.20. The van der Waals surface area contributed by atoms with Crippen molar-refractivity contribution in [1.82, 2.24) is 5.48 Å².